The lowest BCUT2D eigenvalue weighted by molar-refractivity contribution is -0.115. The van der Waals surface area contributed by atoms with Crippen LogP contribution in [0.15, 0.2) is 77.7 Å². The number of carbonyl (C=O) groups excluding carboxylic acids is 1. The van der Waals surface area contributed by atoms with Crippen molar-refractivity contribution in [2.45, 2.75) is 37.6 Å². The molecule has 0 saturated heterocycles. The summed E-state index contributed by atoms with van der Waals surface area (Å²) >= 11 is 0. The normalized spacial score (nSPS) is 11.2. The van der Waals surface area contributed by atoms with Gasteiger partial charge in [0.25, 0.3) is 0 Å². The number of anilines is 2. The minimum Gasteiger partial charge on any atom is -0.359 e. The van der Waals surface area contributed by atoms with Gasteiger partial charge in [0.15, 0.2) is 0 Å². The number of hydrogen-bond donors (Lipinski definition) is 5. The number of nitrogens with zero attached hydrogens (tertiary/aromatic N) is 1. The molecule has 0 fully saturated rings. The number of primary sulfonamides is 1. The number of nitrogens with one attached hydrogen (secondary N) is 3. The van der Waals surface area contributed by atoms with Crippen LogP contribution >= 0.6 is 0 Å². The second-order valence-corrected chi connectivity index (χ2v) is 9.83. The summed E-state index contributed by atoms with van der Waals surface area (Å²) in [4.78, 5) is 15.0. The predicted molar refractivity (Wildman–Crippen MR) is 142 cm³/mol. The van der Waals surface area contributed by atoms with E-state index >= 15 is 0 Å². The van der Waals surface area contributed by atoms with Crippen LogP contribution in [0.25, 0.3) is 11.1 Å². The first-order valence-electron chi connectivity index (χ1n) is 11.6. The van der Waals surface area contributed by atoms with Gasteiger partial charge in [0, 0.05) is 28.5 Å². The Bertz CT molecular complexity index is 1320. The van der Waals surface area contributed by atoms with E-state index in [1.165, 1.54) is 6.07 Å². The van der Waals surface area contributed by atoms with E-state index in [-0.39, 0.29) is 29.2 Å². The van der Waals surface area contributed by atoms with Crippen molar-refractivity contribution >= 4 is 33.1 Å². The molecule has 10 heteroatoms. The number of benzene rings is 3. The Kier molecular flexibility index (Phi) is 8.81. The summed E-state index contributed by atoms with van der Waals surface area (Å²) in [6, 6.07) is 20.6. The Morgan fingerprint density at radius 2 is 1.69 bits per heavy atom. The van der Waals surface area contributed by atoms with Gasteiger partial charge in [-0.1, -0.05) is 56.3 Å². The van der Waals surface area contributed by atoms with Crippen LogP contribution in [0, 0.1) is 5.41 Å². The number of carbonyl (C=O) groups is 1. The van der Waals surface area contributed by atoms with E-state index in [1.54, 1.807) is 60.7 Å². The standard InChI is InChI=1S/C26H31N5O4S/c1-3-21(4-2)31(22-9-7-8-19(16-22)26(27)30-33)17-25(32)29-20-14-12-18(13-15-20)23-10-5-6-11-24(23)36(28,34)35/h5-16,21,33H,3-4,17H2,1-2H3,(H2,27,30)(H,29,32)(H2,28,34,35). The average Bonchev–Trinajstić information content (AvgIpc) is 2.88. The zero-order chi connectivity index (χ0) is 26.3. The van der Waals surface area contributed by atoms with Crippen molar-refractivity contribution in [3.63, 3.8) is 0 Å². The van der Waals surface area contributed by atoms with Crippen molar-refractivity contribution in [2.75, 3.05) is 16.8 Å². The molecule has 0 radical (unpaired) electrons. The smallest absolute Gasteiger partial charge is 0.243 e. The minimum absolute atomic E-state index is 0.0364. The number of sulfonamides is 1. The van der Waals surface area contributed by atoms with Crippen LogP contribution in [0.2, 0.25) is 0 Å². The quantitative estimate of drug-likeness (QED) is 0.159. The van der Waals surface area contributed by atoms with E-state index in [4.69, 9.17) is 15.8 Å². The maximum atomic E-state index is 13.0. The molecular formula is C26H31N5O4S. The first kappa shape index (κ1) is 26.9. The van der Waals surface area contributed by atoms with Crippen molar-refractivity contribution in [1.82, 2.24) is 5.48 Å². The summed E-state index contributed by atoms with van der Waals surface area (Å²) in [7, 11) is -3.88. The lowest BCUT2D eigenvalue weighted by Gasteiger charge is -2.32. The molecule has 3 aromatic carbocycles. The second-order valence-electron chi connectivity index (χ2n) is 8.30. The maximum absolute atomic E-state index is 13.0. The molecule has 0 heterocycles. The van der Waals surface area contributed by atoms with Crippen LogP contribution in [0.1, 0.15) is 32.3 Å². The molecule has 0 unspecified atom stereocenters. The van der Waals surface area contributed by atoms with Crippen molar-refractivity contribution < 1.29 is 18.4 Å². The average molecular weight is 510 g/mol. The van der Waals surface area contributed by atoms with E-state index in [1.807, 2.05) is 16.4 Å². The molecule has 36 heavy (non-hydrogen) atoms. The molecule has 0 spiro atoms. The molecule has 0 bridgehead atoms. The van der Waals surface area contributed by atoms with Crippen LogP contribution in [0.5, 0.6) is 0 Å². The molecule has 0 atom stereocenters. The molecule has 0 aromatic heterocycles. The molecule has 1 amide bonds. The van der Waals surface area contributed by atoms with E-state index in [9.17, 15) is 13.2 Å². The number of nitrogens with two attached hydrogens (primary N) is 1. The highest BCUT2D eigenvalue weighted by Gasteiger charge is 2.20. The van der Waals surface area contributed by atoms with Crippen LogP contribution in [0.4, 0.5) is 11.4 Å². The van der Waals surface area contributed by atoms with Gasteiger partial charge in [0.05, 0.1) is 11.4 Å². The van der Waals surface area contributed by atoms with Crippen LogP contribution in [-0.2, 0) is 14.8 Å². The molecule has 0 aliphatic heterocycles. The molecular weight excluding hydrogens is 478 g/mol. The van der Waals surface area contributed by atoms with Crippen molar-refractivity contribution in [3.8, 4) is 11.1 Å². The summed E-state index contributed by atoms with van der Waals surface area (Å²) in [5.41, 5.74) is 4.84. The van der Waals surface area contributed by atoms with Gasteiger partial charge in [0.1, 0.15) is 5.84 Å². The zero-order valence-corrected chi connectivity index (χ0v) is 21.0. The Balaban J connectivity index is 1.80. The molecule has 6 N–H and O–H groups in total. The predicted octanol–water partition coefficient (Wildman–Crippen LogP) is 3.94. The number of hydroxylamine groups is 1. The number of hydrogen-bond acceptors (Lipinski definition) is 6. The van der Waals surface area contributed by atoms with Gasteiger partial charge in [-0.3, -0.25) is 20.9 Å². The second kappa shape index (κ2) is 11.8. The third kappa shape index (κ3) is 6.48. The number of amides is 1. The Morgan fingerprint density at radius 1 is 1.03 bits per heavy atom. The molecule has 0 aliphatic carbocycles. The summed E-state index contributed by atoms with van der Waals surface area (Å²) in [5.74, 6) is -0.352. The molecule has 3 rings (SSSR count). The molecule has 190 valence electrons. The first-order valence-corrected chi connectivity index (χ1v) is 13.1. The Hall–Kier alpha value is -3.73. The largest absolute Gasteiger partial charge is 0.359 e. The highest BCUT2D eigenvalue weighted by molar-refractivity contribution is 7.89. The van der Waals surface area contributed by atoms with E-state index in [2.05, 4.69) is 19.2 Å². The highest BCUT2D eigenvalue weighted by Crippen LogP contribution is 2.28. The van der Waals surface area contributed by atoms with Gasteiger partial charge in [-0.05, 0) is 48.7 Å². The van der Waals surface area contributed by atoms with Crippen LogP contribution < -0.4 is 20.8 Å². The van der Waals surface area contributed by atoms with Gasteiger partial charge in [-0.25, -0.2) is 13.6 Å². The molecule has 9 nitrogen and oxygen atoms in total. The van der Waals surface area contributed by atoms with E-state index < -0.39 is 10.0 Å². The zero-order valence-electron chi connectivity index (χ0n) is 20.2. The third-order valence-corrected chi connectivity index (χ3v) is 6.92. The highest BCUT2D eigenvalue weighted by atomic mass is 32.2. The Morgan fingerprint density at radius 3 is 2.31 bits per heavy atom. The lowest BCUT2D eigenvalue weighted by Crippen LogP contribution is -2.40. The number of amidine groups is 1. The minimum atomic E-state index is -3.88. The van der Waals surface area contributed by atoms with Gasteiger partial charge >= 0.3 is 0 Å². The summed E-state index contributed by atoms with van der Waals surface area (Å²) in [6.07, 6.45) is 1.64. The van der Waals surface area contributed by atoms with E-state index in [0.29, 0.717) is 22.4 Å². The van der Waals surface area contributed by atoms with Gasteiger partial charge < -0.3 is 10.2 Å². The maximum Gasteiger partial charge on any atom is 0.243 e. The van der Waals surface area contributed by atoms with Crippen LogP contribution in [-0.4, -0.2) is 38.0 Å². The lowest BCUT2D eigenvalue weighted by atomic mass is 10.1. The fraction of sp³-hybridized carbons (Fsp3) is 0.231. The Labute approximate surface area is 211 Å². The van der Waals surface area contributed by atoms with Gasteiger partial charge in [-0.15, -0.1) is 0 Å². The summed E-state index contributed by atoms with van der Waals surface area (Å²) < 4.78 is 23.9. The number of rotatable bonds is 10. The first-order chi connectivity index (χ1) is 17.2. The van der Waals surface area contributed by atoms with Gasteiger partial charge in [-0.2, -0.15) is 0 Å². The fourth-order valence-electron chi connectivity index (χ4n) is 4.11. The molecule has 3 aromatic rings. The van der Waals surface area contributed by atoms with E-state index in [0.717, 1.165) is 18.5 Å². The molecule has 0 saturated carbocycles. The van der Waals surface area contributed by atoms with Crippen molar-refractivity contribution in [1.29, 1.82) is 5.41 Å². The van der Waals surface area contributed by atoms with Crippen molar-refractivity contribution in [3.05, 3.63) is 78.4 Å². The van der Waals surface area contributed by atoms with Crippen molar-refractivity contribution in [2.24, 2.45) is 5.14 Å². The SMILES string of the molecule is CCC(CC)N(CC(=O)Nc1ccc(-c2ccccc2S(N)(=O)=O)cc1)c1cccc(C(=N)NO)c1. The summed E-state index contributed by atoms with van der Waals surface area (Å²) in [5, 5.41) is 25.2. The monoisotopic (exact) mass is 509 g/mol. The topological polar surface area (TPSA) is 149 Å². The third-order valence-electron chi connectivity index (χ3n) is 5.95. The fourth-order valence-corrected chi connectivity index (χ4v) is 4.87. The molecule has 0 aliphatic rings. The van der Waals surface area contributed by atoms with Gasteiger partial charge in [0.2, 0.25) is 15.9 Å². The summed E-state index contributed by atoms with van der Waals surface area (Å²) in [6.45, 7) is 4.20. The van der Waals surface area contributed by atoms with Crippen LogP contribution in [0.3, 0.4) is 0 Å².